The lowest BCUT2D eigenvalue weighted by Gasteiger charge is -2.07. The average molecular weight is 328 g/mol. The summed E-state index contributed by atoms with van der Waals surface area (Å²) >= 11 is 0. The first-order valence-corrected chi connectivity index (χ1v) is 7.83. The van der Waals surface area contributed by atoms with Crippen molar-refractivity contribution < 1.29 is 14.5 Å². The molecule has 0 heterocycles. The first-order valence-electron chi connectivity index (χ1n) is 7.83. The summed E-state index contributed by atoms with van der Waals surface area (Å²) < 4.78 is 5.40. The minimum absolute atomic E-state index is 0.0444. The van der Waals surface area contributed by atoms with Gasteiger partial charge in [0.15, 0.2) is 5.75 Å². The number of hydrogen-bond donors (Lipinski definition) is 1. The lowest BCUT2D eigenvalue weighted by atomic mass is 10.1. The maximum Gasteiger partial charge on any atom is 0.310 e. The van der Waals surface area contributed by atoms with E-state index in [0.29, 0.717) is 19.4 Å². The summed E-state index contributed by atoms with van der Waals surface area (Å²) in [5.41, 5.74) is 1.11. The largest absolute Gasteiger partial charge is 0.487 e. The first-order chi connectivity index (χ1) is 11.7. The highest BCUT2D eigenvalue weighted by Gasteiger charge is 2.13. The van der Waals surface area contributed by atoms with Crippen molar-refractivity contribution in [3.63, 3.8) is 0 Å². The molecular weight excluding hydrogens is 308 g/mol. The second-order valence-corrected chi connectivity index (χ2v) is 5.26. The highest BCUT2D eigenvalue weighted by molar-refractivity contribution is 5.75. The predicted octanol–water partition coefficient (Wildman–Crippen LogP) is 3.11. The van der Waals surface area contributed by atoms with Gasteiger partial charge in [-0.1, -0.05) is 42.5 Å². The van der Waals surface area contributed by atoms with Crippen LogP contribution in [-0.4, -0.2) is 24.0 Å². The fourth-order valence-electron chi connectivity index (χ4n) is 2.22. The van der Waals surface area contributed by atoms with Crippen LogP contribution in [0, 0.1) is 10.1 Å². The number of amides is 1. The van der Waals surface area contributed by atoms with Crippen LogP contribution in [0.1, 0.15) is 18.4 Å². The van der Waals surface area contributed by atoms with Gasteiger partial charge in [0, 0.05) is 19.0 Å². The highest BCUT2D eigenvalue weighted by atomic mass is 16.6. The number of rotatable bonds is 9. The lowest BCUT2D eigenvalue weighted by Crippen LogP contribution is -2.25. The molecular formula is C18H20N2O4. The second kappa shape index (κ2) is 9.29. The fourth-order valence-corrected chi connectivity index (χ4v) is 2.22. The van der Waals surface area contributed by atoms with Crippen molar-refractivity contribution in [1.82, 2.24) is 5.32 Å². The fraction of sp³-hybridized carbons (Fsp3) is 0.278. The predicted molar refractivity (Wildman–Crippen MR) is 91.0 cm³/mol. The molecule has 2 rings (SSSR count). The Balaban J connectivity index is 1.64. The van der Waals surface area contributed by atoms with Crippen LogP contribution in [-0.2, 0) is 11.2 Å². The van der Waals surface area contributed by atoms with Gasteiger partial charge in [-0.05, 0) is 24.5 Å². The Morgan fingerprint density at radius 2 is 1.79 bits per heavy atom. The van der Waals surface area contributed by atoms with Gasteiger partial charge in [0.05, 0.1) is 11.5 Å². The molecule has 0 aliphatic carbocycles. The zero-order chi connectivity index (χ0) is 17.2. The molecule has 0 saturated carbocycles. The number of para-hydroxylation sites is 2. The molecule has 1 amide bonds. The van der Waals surface area contributed by atoms with E-state index in [0.717, 1.165) is 6.42 Å². The van der Waals surface area contributed by atoms with E-state index in [1.54, 1.807) is 18.2 Å². The van der Waals surface area contributed by atoms with E-state index in [-0.39, 0.29) is 24.0 Å². The van der Waals surface area contributed by atoms with Gasteiger partial charge in [0.25, 0.3) is 0 Å². The molecule has 2 aromatic rings. The topological polar surface area (TPSA) is 81.5 Å². The van der Waals surface area contributed by atoms with E-state index >= 15 is 0 Å². The molecule has 0 radical (unpaired) electrons. The Morgan fingerprint density at radius 3 is 2.54 bits per heavy atom. The number of hydrogen-bond acceptors (Lipinski definition) is 4. The Hall–Kier alpha value is -2.89. The van der Waals surface area contributed by atoms with Gasteiger partial charge < -0.3 is 10.1 Å². The maximum atomic E-state index is 11.7. The molecule has 1 N–H and O–H groups in total. The summed E-state index contributed by atoms with van der Waals surface area (Å²) in [6.45, 7) is 0.852. The minimum atomic E-state index is -0.481. The van der Waals surface area contributed by atoms with E-state index in [4.69, 9.17) is 4.74 Å². The van der Waals surface area contributed by atoms with Crippen molar-refractivity contribution in [2.75, 3.05) is 13.2 Å². The van der Waals surface area contributed by atoms with Crippen molar-refractivity contribution >= 4 is 11.6 Å². The quantitative estimate of drug-likeness (QED) is 0.435. The van der Waals surface area contributed by atoms with Crippen LogP contribution in [0.25, 0.3) is 0 Å². The Morgan fingerprint density at radius 1 is 1.08 bits per heavy atom. The van der Waals surface area contributed by atoms with Crippen LogP contribution in [0.5, 0.6) is 5.75 Å². The van der Waals surface area contributed by atoms with Crippen LogP contribution in [0.15, 0.2) is 54.6 Å². The van der Waals surface area contributed by atoms with Crippen molar-refractivity contribution in [1.29, 1.82) is 0 Å². The van der Waals surface area contributed by atoms with E-state index in [1.807, 2.05) is 30.3 Å². The Kier molecular flexibility index (Phi) is 6.76. The molecule has 0 saturated heterocycles. The second-order valence-electron chi connectivity index (χ2n) is 5.26. The van der Waals surface area contributed by atoms with Crippen LogP contribution in [0.4, 0.5) is 5.69 Å². The molecule has 0 aliphatic heterocycles. The molecule has 0 unspecified atom stereocenters. The summed E-state index contributed by atoms with van der Waals surface area (Å²) in [6, 6.07) is 16.2. The third-order valence-electron chi connectivity index (χ3n) is 3.45. The van der Waals surface area contributed by atoms with Gasteiger partial charge in [-0.3, -0.25) is 14.9 Å². The van der Waals surface area contributed by atoms with Gasteiger partial charge in [-0.2, -0.15) is 0 Å². The van der Waals surface area contributed by atoms with Crippen LogP contribution in [0.3, 0.4) is 0 Å². The summed E-state index contributed by atoms with van der Waals surface area (Å²) in [5.74, 6) is 0.184. The number of benzene rings is 2. The van der Waals surface area contributed by atoms with Gasteiger partial charge in [0.1, 0.15) is 0 Å². The molecule has 0 aliphatic rings. The summed E-state index contributed by atoms with van der Waals surface area (Å²) in [6.07, 6.45) is 1.62. The molecule has 126 valence electrons. The monoisotopic (exact) mass is 328 g/mol. The minimum Gasteiger partial charge on any atom is -0.487 e. The zero-order valence-electron chi connectivity index (χ0n) is 13.3. The number of nitro benzene ring substituents is 1. The number of ether oxygens (including phenoxy) is 1. The van der Waals surface area contributed by atoms with Crippen LogP contribution in [0.2, 0.25) is 0 Å². The molecule has 6 nitrogen and oxygen atoms in total. The number of nitrogens with zero attached hydrogens (tertiary/aromatic N) is 1. The van der Waals surface area contributed by atoms with Crippen LogP contribution < -0.4 is 10.1 Å². The van der Waals surface area contributed by atoms with Crippen molar-refractivity contribution in [2.24, 2.45) is 0 Å². The molecule has 0 atom stereocenters. The van der Waals surface area contributed by atoms with Gasteiger partial charge in [-0.15, -0.1) is 0 Å². The van der Waals surface area contributed by atoms with E-state index in [2.05, 4.69) is 5.32 Å². The van der Waals surface area contributed by atoms with E-state index in [9.17, 15) is 14.9 Å². The van der Waals surface area contributed by atoms with E-state index < -0.39 is 4.92 Å². The van der Waals surface area contributed by atoms with Gasteiger partial charge in [-0.25, -0.2) is 0 Å². The van der Waals surface area contributed by atoms with Gasteiger partial charge in [0.2, 0.25) is 5.91 Å². The average Bonchev–Trinajstić information content (AvgIpc) is 2.60. The molecule has 0 bridgehead atoms. The molecule has 24 heavy (non-hydrogen) atoms. The normalized spacial score (nSPS) is 10.2. The van der Waals surface area contributed by atoms with Crippen molar-refractivity contribution in [3.05, 3.63) is 70.3 Å². The summed E-state index contributed by atoms with van der Waals surface area (Å²) in [4.78, 5) is 22.1. The molecule has 0 fully saturated rings. The molecule has 6 heteroatoms. The standard InChI is InChI=1S/C18H20N2O4/c21-18(19-13-12-15-7-2-1-3-8-15)11-6-14-24-17-10-5-4-9-16(17)20(22)23/h1-5,7-10H,6,11-14H2,(H,19,21). The third-order valence-corrected chi connectivity index (χ3v) is 3.45. The third kappa shape index (κ3) is 5.72. The maximum absolute atomic E-state index is 11.7. The number of carbonyl (C=O) groups excluding carboxylic acids is 1. The SMILES string of the molecule is O=C(CCCOc1ccccc1[N+](=O)[O-])NCCc1ccccc1. The molecule has 2 aromatic carbocycles. The highest BCUT2D eigenvalue weighted by Crippen LogP contribution is 2.25. The van der Waals surface area contributed by atoms with Gasteiger partial charge >= 0.3 is 5.69 Å². The number of carbonyl (C=O) groups is 1. The Labute approximate surface area is 140 Å². The Bertz CT molecular complexity index is 674. The lowest BCUT2D eigenvalue weighted by molar-refractivity contribution is -0.385. The summed E-state index contributed by atoms with van der Waals surface area (Å²) in [5, 5.41) is 13.7. The smallest absolute Gasteiger partial charge is 0.310 e. The van der Waals surface area contributed by atoms with Crippen LogP contribution >= 0.6 is 0 Å². The van der Waals surface area contributed by atoms with Crippen molar-refractivity contribution in [2.45, 2.75) is 19.3 Å². The first kappa shape index (κ1) is 17.5. The number of nitrogens with one attached hydrogen (secondary N) is 1. The molecule has 0 spiro atoms. The molecule has 0 aromatic heterocycles. The number of nitro groups is 1. The zero-order valence-corrected chi connectivity index (χ0v) is 13.3. The summed E-state index contributed by atoms with van der Waals surface area (Å²) in [7, 11) is 0. The van der Waals surface area contributed by atoms with E-state index in [1.165, 1.54) is 11.6 Å². The van der Waals surface area contributed by atoms with Crippen molar-refractivity contribution in [3.8, 4) is 5.75 Å².